The van der Waals surface area contributed by atoms with Crippen LogP contribution in [0.3, 0.4) is 0 Å². The van der Waals surface area contributed by atoms with E-state index < -0.39 is 0 Å². The second-order valence-electron chi connectivity index (χ2n) is 4.76. The molecule has 2 aromatic carbocycles. The zero-order valence-electron chi connectivity index (χ0n) is 10.7. The standard InChI is InChI=1S/C15H14N2O3/c16-12-3-1-2-9-6-7-17(14(9)12)15(20)11-5-4-10(18)8-13(11)19/h1-5,8,18-19H,6-7,16H2. The van der Waals surface area contributed by atoms with Crippen molar-refractivity contribution in [2.24, 2.45) is 0 Å². The number of hydrogen-bond donors (Lipinski definition) is 3. The fraction of sp³-hybridized carbons (Fsp3) is 0.133. The minimum atomic E-state index is -0.320. The van der Waals surface area contributed by atoms with Crippen LogP contribution in [0, 0.1) is 0 Å². The molecule has 0 radical (unpaired) electrons. The van der Waals surface area contributed by atoms with E-state index in [-0.39, 0.29) is 23.0 Å². The maximum Gasteiger partial charge on any atom is 0.262 e. The Labute approximate surface area is 115 Å². The van der Waals surface area contributed by atoms with Crippen molar-refractivity contribution in [3.05, 3.63) is 47.5 Å². The first-order valence-electron chi connectivity index (χ1n) is 6.29. The molecule has 102 valence electrons. The molecule has 3 rings (SSSR count). The van der Waals surface area contributed by atoms with E-state index in [1.807, 2.05) is 12.1 Å². The number of para-hydroxylation sites is 1. The van der Waals surface area contributed by atoms with Crippen LogP contribution in [0.1, 0.15) is 15.9 Å². The Morgan fingerprint density at radius 1 is 1.20 bits per heavy atom. The van der Waals surface area contributed by atoms with Gasteiger partial charge in [-0.3, -0.25) is 4.79 Å². The fourth-order valence-corrected chi connectivity index (χ4v) is 2.54. The van der Waals surface area contributed by atoms with Crippen molar-refractivity contribution in [2.75, 3.05) is 17.2 Å². The summed E-state index contributed by atoms with van der Waals surface area (Å²) in [6.45, 7) is 0.530. The normalized spacial score (nSPS) is 13.3. The van der Waals surface area contributed by atoms with Gasteiger partial charge in [-0.25, -0.2) is 0 Å². The van der Waals surface area contributed by atoms with Crippen molar-refractivity contribution in [3.63, 3.8) is 0 Å². The van der Waals surface area contributed by atoms with Gasteiger partial charge in [0.25, 0.3) is 5.91 Å². The predicted molar refractivity (Wildman–Crippen MR) is 76.0 cm³/mol. The second kappa shape index (κ2) is 4.45. The van der Waals surface area contributed by atoms with Gasteiger partial charge in [0, 0.05) is 12.6 Å². The van der Waals surface area contributed by atoms with Gasteiger partial charge in [-0.15, -0.1) is 0 Å². The average molecular weight is 270 g/mol. The molecule has 0 bridgehead atoms. The Balaban J connectivity index is 2.02. The van der Waals surface area contributed by atoms with Crippen LogP contribution in [-0.4, -0.2) is 22.7 Å². The molecule has 0 saturated carbocycles. The van der Waals surface area contributed by atoms with Crippen LogP contribution in [0.15, 0.2) is 36.4 Å². The molecule has 20 heavy (non-hydrogen) atoms. The van der Waals surface area contributed by atoms with E-state index in [1.165, 1.54) is 12.1 Å². The molecule has 5 nitrogen and oxygen atoms in total. The topological polar surface area (TPSA) is 86.8 Å². The number of anilines is 2. The maximum absolute atomic E-state index is 12.5. The molecule has 2 aromatic rings. The molecule has 0 unspecified atom stereocenters. The minimum Gasteiger partial charge on any atom is -0.508 e. The molecule has 1 amide bonds. The van der Waals surface area contributed by atoms with Crippen molar-refractivity contribution in [2.45, 2.75) is 6.42 Å². The summed E-state index contributed by atoms with van der Waals surface area (Å²) in [5.41, 5.74) is 8.38. The van der Waals surface area contributed by atoms with E-state index in [0.29, 0.717) is 17.9 Å². The number of phenolic OH excluding ortho intramolecular Hbond substituents is 2. The number of carbonyl (C=O) groups excluding carboxylic acids is 1. The fourth-order valence-electron chi connectivity index (χ4n) is 2.54. The third-order valence-electron chi connectivity index (χ3n) is 3.48. The zero-order valence-corrected chi connectivity index (χ0v) is 10.7. The molecule has 0 spiro atoms. The number of benzene rings is 2. The van der Waals surface area contributed by atoms with Crippen LogP contribution in [-0.2, 0) is 6.42 Å². The number of rotatable bonds is 1. The van der Waals surface area contributed by atoms with Crippen LogP contribution in [0.2, 0.25) is 0 Å². The quantitative estimate of drug-likeness (QED) is 0.690. The largest absolute Gasteiger partial charge is 0.508 e. The van der Waals surface area contributed by atoms with Gasteiger partial charge >= 0.3 is 0 Å². The number of fused-ring (bicyclic) bond motifs is 1. The first-order valence-corrected chi connectivity index (χ1v) is 6.29. The van der Waals surface area contributed by atoms with Gasteiger partial charge in [0.2, 0.25) is 0 Å². The van der Waals surface area contributed by atoms with Gasteiger partial charge in [0.05, 0.1) is 16.9 Å². The highest BCUT2D eigenvalue weighted by atomic mass is 16.3. The maximum atomic E-state index is 12.5. The number of phenols is 2. The Morgan fingerprint density at radius 2 is 2.00 bits per heavy atom. The highest BCUT2D eigenvalue weighted by molar-refractivity contribution is 6.10. The summed E-state index contributed by atoms with van der Waals surface area (Å²) in [4.78, 5) is 14.1. The van der Waals surface area contributed by atoms with Gasteiger partial charge in [0.1, 0.15) is 11.5 Å². The lowest BCUT2D eigenvalue weighted by molar-refractivity contribution is 0.0987. The number of nitrogens with zero attached hydrogens (tertiary/aromatic N) is 1. The second-order valence-corrected chi connectivity index (χ2v) is 4.76. The molecule has 5 heteroatoms. The van der Waals surface area contributed by atoms with Crippen molar-refractivity contribution >= 4 is 17.3 Å². The summed E-state index contributed by atoms with van der Waals surface area (Å²) >= 11 is 0. The first kappa shape index (κ1) is 12.3. The molecule has 1 heterocycles. The van der Waals surface area contributed by atoms with Crippen LogP contribution in [0.4, 0.5) is 11.4 Å². The summed E-state index contributed by atoms with van der Waals surface area (Å²) < 4.78 is 0. The van der Waals surface area contributed by atoms with Gasteiger partial charge in [-0.1, -0.05) is 12.1 Å². The minimum absolute atomic E-state index is 0.0830. The molecule has 4 N–H and O–H groups in total. The van der Waals surface area contributed by atoms with Crippen molar-refractivity contribution in [1.82, 2.24) is 0 Å². The number of nitrogen functional groups attached to an aromatic ring is 1. The number of aromatic hydroxyl groups is 2. The number of hydrogen-bond acceptors (Lipinski definition) is 4. The molecular weight excluding hydrogens is 256 g/mol. The Hall–Kier alpha value is -2.69. The van der Waals surface area contributed by atoms with Crippen LogP contribution in [0.25, 0.3) is 0 Å². The van der Waals surface area contributed by atoms with E-state index >= 15 is 0 Å². The Bertz CT molecular complexity index is 698. The predicted octanol–water partition coefficient (Wildman–Crippen LogP) is 1.88. The van der Waals surface area contributed by atoms with Crippen LogP contribution >= 0.6 is 0 Å². The summed E-state index contributed by atoms with van der Waals surface area (Å²) in [6, 6.07) is 9.48. The smallest absolute Gasteiger partial charge is 0.262 e. The van der Waals surface area contributed by atoms with Gasteiger partial charge in [0.15, 0.2) is 0 Å². The summed E-state index contributed by atoms with van der Waals surface area (Å²) in [7, 11) is 0. The lowest BCUT2D eigenvalue weighted by Gasteiger charge is -2.19. The monoisotopic (exact) mass is 270 g/mol. The highest BCUT2D eigenvalue weighted by Gasteiger charge is 2.28. The number of amides is 1. The molecule has 1 aliphatic heterocycles. The SMILES string of the molecule is Nc1cccc2c1N(C(=O)c1ccc(O)cc1O)CC2. The summed E-state index contributed by atoms with van der Waals surface area (Å²) in [5, 5.41) is 19.1. The van der Waals surface area contributed by atoms with Gasteiger partial charge < -0.3 is 20.8 Å². The lowest BCUT2D eigenvalue weighted by atomic mass is 10.1. The Kier molecular flexibility index (Phi) is 2.75. The number of nitrogens with two attached hydrogens (primary N) is 1. The zero-order chi connectivity index (χ0) is 14.3. The van der Waals surface area contributed by atoms with Crippen molar-refractivity contribution in [3.8, 4) is 11.5 Å². The van der Waals surface area contributed by atoms with Crippen molar-refractivity contribution in [1.29, 1.82) is 0 Å². The van der Waals surface area contributed by atoms with E-state index in [4.69, 9.17) is 5.73 Å². The third-order valence-corrected chi connectivity index (χ3v) is 3.48. The molecule has 0 fully saturated rings. The van der Waals surface area contributed by atoms with Gasteiger partial charge in [-0.2, -0.15) is 0 Å². The molecule has 0 atom stereocenters. The summed E-state index contributed by atoms with van der Waals surface area (Å²) in [6.07, 6.45) is 0.741. The highest BCUT2D eigenvalue weighted by Crippen LogP contribution is 2.35. The van der Waals surface area contributed by atoms with Crippen molar-refractivity contribution < 1.29 is 15.0 Å². The Morgan fingerprint density at radius 3 is 2.75 bits per heavy atom. The van der Waals surface area contributed by atoms with Gasteiger partial charge in [-0.05, 0) is 30.2 Å². The van der Waals surface area contributed by atoms with E-state index in [9.17, 15) is 15.0 Å². The first-order chi connectivity index (χ1) is 9.58. The van der Waals surface area contributed by atoms with E-state index in [2.05, 4.69) is 0 Å². The molecule has 0 aliphatic carbocycles. The van der Waals surface area contributed by atoms with Crippen LogP contribution < -0.4 is 10.6 Å². The van der Waals surface area contributed by atoms with Crippen LogP contribution in [0.5, 0.6) is 11.5 Å². The summed E-state index contributed by atoms with van der Waals surface area (Å²) in [5.74, 6) is -0.641. The van der Waals surface area contributed by atoms with E-state index in [1.54, 1.807) is 11.0 Å². The number of carbonyl (C=O) groups is 1. The molecule has 1 aliphatic rings. The molecule has 0 aromatic heterocycles. The molecule has 0 saturated heterocycles. The molecular formula is C15H14N2O3. The third kappa shape index (κ3) is 1.84. The average Bonchev–Trinajstić information content (AvgIpc) is 2.83. The van der Waals surface area contributed by atoms with E-state index in [0.717, 1.165) is 18.1 Å². The lowest BCUT2D eigenvalue weighted by Crippen LogP contribution is -2.29.